The first-order valence-corrected chi connectivity index (χ1v) is 5.74. The second-order valence-corrected chi connectivity index (χ2v) is 4.08. The molecular weight excluding hydrogens is 232 g/mol. The zero-order valence-corrected chi connectivity index (χ0v) is 11.0. The maximum absolute atomic E-state index is 11.6. The average Bonchev–Trinajstić information content (AvgIpc) is 2.37. The Morgan fingerprint density at radius 2 is 2.17 bits per heavy atom. The van der Waals surface area contributed by atoms with Crippen molar-refractivity contribution in [3.05, 3.63) is 29.3 Å². The molecule has 1 amide bonds. The minimum absolute atomic E-state index is 0.211. The summed E-state index contributed by atoms with van der Waals surface area (Å²) in [7, 11) is 3.14. The van der Waals surface area contributed by atoms with Crippen LogP contribution >= 0.6 is 0 Å². The van der Waals surface area contributed by atoms with Crippen molar-refractivity contribution in [2.45, 2.75) is 19.5 Å². The molecule has 0 fully saturated rings. The number of aryl methyl sites for hydroxylation is 1. The number of hydrogen-bond donors (Lipinski definition) is 2. The van der Waals surface area contributed by atoms with Crippen LogP contribution < -0.4 is 15.8 Å². The predicted octanol–water partition coefficient (Wildman–Crippen LogP) is 0.594. The molecule has 0 radical (unpaired) electrons. The first kappa shape index (κ1) is 14.5. The van der Waals surface area contributed by atoms with Gasteiger partial charge in [0.1, 0.15) is 11.8 Å². The molecule has 0 aliphatic heterocycles. The van der Waals surface area contributed by atoms with Crippen molar-refractivity contribution in [1.29, 1.82) is 0 Å². The molecule has 1 unspecified atom stereocenters. The fourth-order valence-electron chi connectivity index (χ4n) is 1.55. The topological polar surface area (TPSA) is 73.6 Å². The van der Waals surface area contributed by atoms with E-state index in [1.54, 1.807) is 7.11 Å². The number of benzene rings is 1. The molecule has 0 heterocycles. The summed E-state index contributed by atoms with van der Waals surface area (Å²) in [5.41, 5.74) is 7.64. The minimum atomic E-state index is -0.637. The highest BCUT2D eigenvalue weighted by Gasteiger charge is 2.12. The Hall–Kier alpha value is -1.59. The van der Waals surface area contributed by atoms with Gasteiger partial charge in [0, 0.05) is 13.7 Å². The zero-order chi connectivity index (χ0) is 13.5. The Morgan fingerprint density at radius 3 is 2.78 bits per heavy atom. The van der Waals surface area contributed by atoms with E-state index in [-0.39, 0.29) is 12.5 Å². The van der Waals surface area contributed by atoms with Gasteiger partial charge in [-0.15, -0.1) is 0 Å². The molecule has 1 aromatic rings. The van der Waals surface area contributed by atoms with Crippen molar-refractivity contribution in [2.24, 2.45) is 5.73 Å². The van der Waals surface area contributed by atoms with Crippen LogP contribution in [0, 0.1) is 6.92 Å². The van der Waals surface area contributed by atoms with Crippen LogP contribution in [0.3, 0.4) is 0 Å². The first-order valence-electron chi connectivity index (χ1n) is 5.74. The average molecular weight is 252 g/mol. The number of hydrogen-bond acceptors (Lipinski definition) is 4. The van der Waals surface area contributed by atoms with E-state index in [1.165, 1.54) is 7.11 Å². The molecule has 1 atom stereocenters. The summed E-state index contributed by atoms with van der Waals surface area (Å²) >= 11 is 0. The van der Waals surface area contributed by atoms with E-state index in [0.29, 0.717) is 6.54 Å². The maximum atomic E-state index is 11.6. The van der Waals surface area contributed by atoms with Crippen LogP contribution in [0.25, 0.3) is 0 Å². The fraction of sp³-hybridized carbons (Fsp3) is 0.462. The Morgan fingerprint density at radius 1 is 1.44 bits per heavy atom. The van der Waals surface area contributed by atoms with Gasteiger partial charge in [-0.2, -0.15) is 0 Å². The standard InChI is InChI=1S/C13H20N2O3/c1-9-4-5-10(6-12(9)18-3)7-15-13(16)11(14)8-17-2/h4-6,11H,7-8,14H2,1-3H3,(H,15,16). The van der Waals surface area contributed by atoms with Gasteiger partial charge in [0.2, 0.25) is 5.91 Å². The number of nitrogens with two attached hydrogens (primary N) is 1. The van der Waals surface area contributed by atoms with Crippen LogP contribution in [0.5, 0.6) is 5.75 Å². The first-order chi connectivity index (χ1) is 8.58. The van der Waals surface area contributed by atoms with E-state index in [4.69, 9.17) is 15.2 Å². The lowest BCUT2D eigenvalue weighted by Crippen LogP contribution is -2.43. The van der Waals surface area contributed by atoms with Gasteiger partial charge in [-0.3, -0.25) is 4.79 Å². The quantitative estimate of drug-likeness (QED) is 0.777. The summed E-state index contributed by atoms with van der Waals surface area (Å²) in [6.07, 6.45) is 0. The maximum Gasteiger partial charge on any atom is 0.239 e. The smallest absolute Gasteiger partial charge is 0.239 e. The molecule has 0 spiro atoms. The normalized spacial score (nSPS) is 12.0. The van der Waals surface area contributed by atoms with E-state index in [9.17, 15) is 4.79 Å². The third-order valence-corrected chi connectivity index (χ3v) is 2.62. The van der Waals surface area contributed by atoms with Crippen LogP contribution in [0.4, 0.5) is 0 Å². The molecule has 0 aromatic heterocycles. The van der Waals surface area contributed by atoms with Crippen LogP contribution in [0.2, 0.25) is 0 Å². The van der Waals surface area contributed by atoms with Gasteiger partial charge in [-0.05, 0) is 24.1 Å². The largest absolute Gasteiger partial charge is 0.496 e. The molecule has 0 bridgehead atoms. The second kappa shape index (κ2) is 6.98. The van der Waals surface area contributed by atoms with Crippen LogP contribution in [-0.2, 0) is 16.1 Å². The number of rotatable bonds is 6. The van der Waals surface area contributed by atoms with Gasteiger partial charge >= 0.3 is 0 Å². The summed E-state index contributed by atoms with van der Waals surface area (Å²) in [6, 6.07) is 5.16. The lowest BCUT2D eigenvalue weighted by molar-refractivity contribution is -0.123. The molecule has 1 aromatic carbocycles. The van der Waals surface area contributed by atoms with Crippen LogP contribution in [-0.4, -0.2) is 32.8 Å². The van der Waals surface area contributed by atoms with Crippen LogP contribution in [0.1, 0.15) is 11.1 Å². The third kappa shape index (κ3) is 4.01. The molecule has 3 N–H and O–H groups in total. The minimum Gasteiger partial charge on any atom is -0.496 e. The molecule has 0 saturated carbocycles. The summed E-state index contributed by atoms with van der Waals surface area (Å²) in [5.74, 6) is 0.583. The predicted molar refractivity (Wildman–Crippen MR) is 69.4 cm³/mol. The Kier molecular flexibility index (Phi) is 5.61. The van der Waals surface area contributed by atoms with Gasteiger partial charge in [0.15, 0.2) is 0 Å². The number of carbonyl (C=O) groups excluding carboxylic acids is 1. The van der Waals surface area contributed by atoms with Crippen molar-refractivity contribution in [2.75, 3.05) is 20.8 Å². The van der Waals surface area contributed by atoms with Crippen LogP contribution in [0.15, 0.2) is 18.2 Å². The van der Waals surface area contributed by atoms with E-state index in [2.05, 4.69) is 5.32 Å². The highest BCUT2D eigenvalue weighted by Crippen LogP contribution is 2.18. The highest BCUT2D eigenvalue weighted by molar-refractivity contribution is 5.81. The molecule has 0 aliphatic rings. The van der Waals surface area contributed by atoms with E-state index < -0.39 is 6.04 Å². The lowest BCUT2D eigenvalue weighted by atomic mass is 10.1. The molecule has 1 rings (SSSR count). The fourth-order valence-corrected chi connectivity index (χ4v) is 1.55. The Bertz CT molecular complexity index is 407. The molecule has 5 heteroatoms. The van der Waals surface area contributed by atoms with Crippen molar-refractivity contribution in [3.8, 4) is 5.75 Å². The van der Waals surface area contributed by atoms with Crippen molar-refractivity contribution < 1.29 is 14.3 Å². The number of methoxy groups -OCH3 is 2. The Balaban J connectivity index is 2.55. The summed E-state index contributed by atoms with van der Waals surface area (Å²) in [6.45, 7) is 2.60. The number of ether oxygens (including phenoxy) is 2. The summed E-state index contributed by atoms with van der Waals surface area (Å²) < 4.78 is 10.0. The van der Waals surface area contributed by atoms with Crippen molar-refractivity contribution in [1.82, 2.24) is 5.32 Å². The van der Waals surface area contributed by atoms with Crippen molar-refractivity contribution in [3.63, 3.8) is 0 Å². The van der Waals surface area contributed by atoms with E-state index in [0.717, 1.165) is 16.9 Å². The van der Waals surface area contributed by atoms with E-state index in [1.807, 2.05) is 25.1 Å². The SMILES string of the molecule is COCC(N)C(=O)NCc1ccc(C)c(OC)c1. The number of nitrogens with one attached hydrogen (secondary N) is 1. The molecule has 0 saturated heterocycles. The number of amides is 1. The molecule has 100 valence electrons. The van der Waals surface area contributed by atoms with Crippen molar-refractivity contribution >= 4 is 5.91 Å². The molecule has 18 heavy (non-hydrogen) atoms. The highest BCUT2D eigenvalue weighted by atomic mass is 16.5. The van der Waals surface area contributed by atoms with E-state index >= 15 is 0 Å². The van der Waals surface area contributed by atoms with Gasteiger partial charge < -0.3 is 20.5 Å². The molecular formula is C13H20N2O3. The molecule has 5 nitrogen and oxygen atoms in total. The van der Waals surface area contributed by atoms with Gasteiger partial charge in [-0.25, -0.2) is 0 Å². The third-order valence-electron chi connectivity index (χ3n) is 2.62. The van der Waals surface area contributed by atoms with Gasteiger partial charge in [-0.1, -0.05) is 12.1 Å². The Labute approximate surface area is 107 Å². The van der Waals surface area contributed by atoms with Gasteiger partial charge in [0.25, 0.3) is 0 Å². The number of carbonyl (C=O) groups is 1. The zero-order valence-electron chi connectivity index (χ0n) is 11.0. The summed E-state index contributed by atoms with van der Waals surface area (Å²) in [5, 5.41) is 2.75. The summed E-state index contributed by atoms with van der Waals surface area (Å²) in [4.78, 5) is 11.6. The molecule has 0 aliphatic carbocycles. The second-order valence-electron chi connectivity index (χ2n) is 4.08. The monoisotopic (exact) mass is 252 g/mol. The lowest BCUT2D eigenvalue weighted by Gasteiger charge is -2.12. The van der Waals surface area contributed by atoms with Gasteiger partial charge in [0.05, 0.1) is 13.7 Å².